The molecule has 1 aliphatic rings. The number of nitrogens with zero attached hydrogens (tertiary/aromatic N) is 2. The fourth-order valence-electron chi connectivity index (χ4n) is 2.68. The summed E-state index contributed by atoms with van der Waals surface area (Å²) in [5.74, 6) is 0.967. The third-order valence-electron chi connectivity index (χ3n) is 3.86. The van der Waals surface area contributed by atoms with E-state index in [2.05, 4.69) is 23.4 Å². The van der Waals surface area contributed by atoms with E-state index in [9.17, 15) is 0 Å². The lowest BCUT2D eigenvalue weighted by Crippen LogP contribution is -2.28. The van der Waals surface area contributed by atoms with Crippen molar-refractivity contribution in [1.29, 1.82) is 0 Å². The van der Waals surface area contributed by atoms with E-state index in [1.807, 2.05) is 17.9 Å². The number of rotatable bonds is 5. The summed E-state index contributed by atoms with van der Waals surface area (Å²) in [7, 11) is 2.01. The lowest BCUT2D eigenvalue weighted by atomic mass is 10.1. The third-order valence-corrected chi connectivity index (χ3v) is 3.86. The van der Waals surface area contributed by atoms with Gasteiger partial charge in [-0.3, -0.25) is 4.68 Å². The van der Waals surface area contributed by atoms with Gasteiger partial charge in [0, 0.05) is 37.9 Å². The quantitative estimate of drug-likeness (QED) is 0.825. The van der Waals surface area contributed by atoms with Crippen LogP contribution in [-0.4, -0.2) is 22.4 Å². The van der Waals surface area contributed by atoms with Crippen LogP contribution in [0.2, 0.25) is 0 Å². The SMILES string of the molecule is CCC1CCC(NCCc2ccnn2C)C1. The normalized spacial score (nSPS) is 25.1. The van der Waals surface area contributed by atoms with Crippen molar-refractivity contribution < 1.29 is 0 Å². The van der Waals surface area contributed by atoms with Crippen LogP contribution in [0.15, 0.2) is 12.3 Å². The van der Waals surface area contributed by atoms with E-state index in [1.54, 1.807) is 0 Å². The van der Waals surface area contributed by atoms with E-state index in [1.165, 1.54) is 31.4 Å². The molecule has 0 aromatic carbocycles. The van der Waals surface area contributed by atoms with Crippen LogP contribution in [-0.2, 0) is 13.5 Å². The molecule has 1 fully saturated rings. The molecule has 0 amide bonds. The second kappa shape index (κ2) is 5.48. The molecule has 1 aromatic heterocycles. The zero-order valence-corrected chi connectivity index (χ0v) is 10.4. The van der Waals surface area contributed by atoms with Crippen molar-refractivity contribution in [2.24, 2.45) is 13.0 Å². The Bertz CT molecular complexity index is 319. The van der Waals surface area contributed by atoms with Gasteiger partial charge in [0.25, 0.3) is 0 Å². The minimum atomic E-state index is 0.762. The van der Waals surface area contributed by atoms with Crippen molar-refractivity contribution in [3.63, 3.8) is 0 Å². The van der Waals surface area contributed by atoms with Crippen LogP contribution in [0.25, 0.3) is 0 Å². The maximum Gasteiger partial charge on any atom is 0.0492 e. The fourth-order valence-corrected chi connectivity index (χ4v) is 2.68. The zero-order chi connectivity index (χ0) is 11.4. The summed E-state index contributed by atoms with van der Waals surface area (Å²) in [4.78, 5) is 0. The van der Waals surface area contributed by atoms with E-state index in [-0.39, 0.29) is 0 Å². The Morgan fingerprint density at radius 3 is 3.00 bits per heavy atom. The summed E-state index contributed by atoms with van der Waals surface area (Å²) in [5.41, 5.74) is 1.32. The molecule has 2 atom stereocenters. The minimum absolute atomic E-state index is 0.762. The highest BCUT2D eigenvalue weighted by molar-refractivity contribution is 5.00. The molecule has 2 unspecified atom stereocenters. The number of hydrogen-bond donors (Lipinski definition) is 1. The average molecular weight is 221 g/mol. The molecule has 1 aliphatic carbocycles. The predicted molar refractivity (Wildman–Crippen MR) is 66.3 cm³/mol. The van der Waals surface area contributed by atoms with Crippen molar-refractivity contribution in [1.82, 2.24) is 15.1 Å². The first kappa shape index (κ1) is 11.6. The Labute approximate surface area is 98.2 Å². The van der Waals surface area contributed by atoms with Crippen LogP contribution in [0.1, 0.15) is 38.3 Å². The van der Waals surface area contributed by atoms with Gasteiger partial charge in [0.2, 0.25) is 0 Å². The van der Waals surface area contributed by atoms with Crippen LogP contribution in [0.3, 0.4) is 0 Å². The van der Waals surface area contributed by atoms with Gasteiger partial charge in [-0.2, -0.15) is 5.10 Å². The molecule has 0 bridgehead atoms. The largest absolute Gasteiger partial charge is 0.314 e. The van der Waals surface area contributed by atoms with Crippen molar-refractivity contribution in [2.75, 3.05) is 6.54 Å². The van der Waals surface area contributed by atoms with Crippen LogP contribution in [0.5, 0.6) is 0 Å². The van der Waals surface area contributed by atoms with Gasteiger partial charge in [0.05, 0.1) is 0 Å². The summed E-state index contributed by atoms with van der Waals surface area (Å²) in [6.07, 6.45) is 8.47. The molecule has 16 heavy (non-hydrogen) atoms. The predicted octanol–water partition coefficient (Wildman–Crippen LogP) is 2.13. The highest BCUT2D eigenvalue weighted by atomic mass is 15.3. The standard InChI is InChI=1S/C13H23N3/c1-3-11-4-5-12(10-11)14-8-6-13-7-9-15-16(13)2/h7,9,11-12,14H,3-6,8,10H2,1-2H3. The second-order valence-electron chi connectivity index (χ2n) is 4.93. The Morgan fingerprint density at radius 2 is 2.38 bits per heavy atom. The smallest absolute Gasteiger partial charge is 0.0492 e. The summed E-state index contributed by atoms with van der Waals surface area (Å²) >= 11 is 0. The Hall–Kier alpha value is -0.830. The number of nitrogens with one attached hydrogen (secondary N) is 1. The van der Waals surface area contributed by atoms with Gasteiger partial charge in [-0.05, 0) is 31.2 Å². The van der Waals surface area contributed by atoms with Crippen LogP contribution in [0, 0.1) is 5.92 Å². The number of hydrogen-bond acceptors (Lipinski definition) is 2. The van der Waals surface area contributed by atoms with Gasteiger partial charge in [0.15, 0.2) is 0 Å². The van der Waals surface area contributed by atoms with E-state index in [0.29, 0.717) is 0 Å². The molecule has 3 heteroatoms. The maximum atomic E-state index is 4.18. The molecule has 1 aromatic rings. The summed E-state index contributed by atoms with van der Waals surface area (Å²) in [6, 6.07) is 2.86. The van der Waals surface area contributed by atoms with Gasteiger partial charge < -0.3 is 5.32 Å². The first-order valence-electron chi connectivity index (χ1n) is 6.50. The molecule has 1 heterocycles. The van der Waals surface area contributed by atoms with Crippen LogP contribution in [0.4, 0.5) is 0 Å². The maximum absolute atomic E-state index is 4.18. The van der Waals surface area contributed by atoms with E-state index >= 15 is 0 Å². The molecule has 0 saturated heterocycles. The molecule has 90 valence electrons. The molecule has 2 rings (SSSR count). The molecule has 1 N–H and O–H groups in total. The summed E-state index contributed by atoms with van der Waals surface area (Å²) in [6.45, 7) is 3.39. The minimum Gasteiger partial charge on any atom is -0.314 e. The molecule has 3 nitrogen and oxygen atoms in total. The van der Waals surface area contributed by atoms with Crippen molar-refractivity contribution in [3.8, 4) is 0 Å². The number of aryl methyl sites for hydroxylation is 1. The van der Waals surface area contributed by atoms with E-state index in [4.69, 9.17) is 0 Å². The van der Waals surface area contributed by atoms with Crippen molar-refractivity contribution in [3.05, 3.63) is 18.0 Å². The molecule has 1 saturated carbocycles. The first-order valence-corrected chi connectivity index (χ1v) is 6.50. The van der Waals surface area contributed by atoms with Gasteiger partial charge in [-0.15, -0.1) is 0 Å². The Kier molecular flexibility index (Phi) is 3.99. The lowest BCUT2D eigenvalue weighted by molar-refractivity contribution is 0.476. The highest BCUT2D eigenvalue weighted by Gasteiger charge is 2.22. The van der Waals surface area contributed by atoms with E-state index < -0.39 is 0 Å². The van der Waals surface area contributed by atoms with Crippen molar-refractivity contribution in [2.45, 2.75) is 45.1 Å². The summed E-state index contributed by atoms with van der Waals surface area (Å²) in [5, 5.41) is 7.85. The topological polar surface area (TPSA) is 29.9 Å². The zero-order valence-electron chi connectivity index (χ0n) is 10.4. The first-order chi connectivity index (χ1) is 7.79. The van der Waals surface area contributed by atoms with Gasteiger partial charge >= 0.3 is 0 Å². The molecule has 0 aliphatic heterocycles. The van der Waals surface area contributed by atoms with Crippen molar-refractivity contribution >= 4 is 0 Å². The van der Waals surface area contributed by atoms with Crippen LogP contribution < -0.4 is 5.32 Å². The van der Waals surface area contributed by atoms with Gasteiger partial charge in [0.1, 0.15) is 0 Å². The highest BCUT2D eigenvalue weighted by Crippen LogP contribution is 2.27. The number of aromatic nitrogens is 2. The van der Waals surface area contributed by atoms with Gasteiger partial charge in [-0.25, -0.2) is 0 Å². The van der Waals surface area contributed by atoms with Crippen LogP contribution >= 0.6 is 0 Å². The van der Waals surface area contributed by atoms with Gasteiger partial charge in [-0.1, -0.05) is 13.3 Å². The summed E-state index contributed by atoms with van der Waals surface area (Å²) < 4.78 is 1.96. The molecule has 0 radical (unpaired) electrons. The molecule has 0 spiro atoms. The molecular weight excluding hydrogens is 198 g/mol. The third kappa shape index (κ3) is 2.85. The monoisotopic (exact) mass is 221 g/mol. The Balaban J connectivity index is 1.67. The second-order valence-corrected chi connectivity index (χ2v) is 4.93. The Morgan fingerprint density at radius 1 is 1.50 bits per heavy atom. The lowest BCUT2D eigenvalue weighted by Gasteiger charge is -2.12. The average Bonchev–Trinajstić information content (AvgIpc) is 2.89. The fraction of sp³-hybridized carbons (Fsp3) is 0.769. The molecular formula is C13H23N3. The van der Waals surface area contributed by atoms with E-state index in [0.717, 1.165) is 24.9 Å².